The lowest BCUT2D eigenvalue weighted by atomic mass is 10.0. The topological polar surface area (TPSA) is 54.0 Å². The van der Waals surface area contributed by atoms with Crippen LogP contribution in [0.1, 0.15) is 28.9 Å². The van der Waals surface area contributed by atoms with Gasteiger partial charge in [-0.25, -0.2) is 4.79 Å². The number of carbonyl (C=O) groups is 1. The zero-order chi connectivity index (χ0) is 13.4. The molecule has 0 saturated carbocycles. The van der Waals surface area contributed by atoms with Gasteiger partial charge in [0.25, 0.3) is 0 Å². The molecule has 6 heteroatoms. The Morgan fingerprint density at radius 2 is 1.61 bits per heavy atom. The van der Waals surface area contributed by atoms with E-state index in [0.29, 0.717) is 32.8 Å². The van der Waals surface area contributed by atoms with E-state index >= 15 is 0 Å². The molecular weight excluding hydrogens is 304 g/mol. The minimum atomic E-state index is -0.399. The van der Waals surface area contributed by atoms with Crippen LogP contribution in [-0.2, 0) is 4.74 Å². The van der Waals surface area contributed by atoms with Gasteiger partial charge < -0.3 is 18.9 Å². The Morgan fingerprint density at radius 3 is 2.11 bits per heavy atom. The van der Waals surface area contributed by atoms with Crippen molar-refractivity contribution in [2.75, 3.05) is 21.3 Å². The molecule has 1 unspecified atom stereocenters. The first-order chi connectivity index (χ1) is 8.56. The summed E-state index contributed by atoms with van der Waals surface area (Å²) >= 11 is 3.35. The van der Waals surface area contributed by atoms with Crippen molar-refractivity contribution in [2.24, 2.45) is 0 Å². The molecule has 1 atom stereocenters. The Kier molecular flexibility index (Phi) is 3.38. The van der Waals surface area contributed by atoms with Crippen molar-refractivity contribution in [3.05, 3.63) is 15.6 Å². The third-order valence-corrected chi connectivity index (χ3v) is 3.61. The summed E-state index contributed by atoms with van der Waals surface area (Å²) < 4.78 is 21.6. The van der Waals surface area contributed by atoms with E-state index < -0.39 is 5.97 Å². The normalized spacial score (nSPS) is 17.2. The van der Waals surface area contributed by atoms with Gasteiger partial charge in [-0.2, -0.15) is 0 Å². The number of ether oxygens (including phenoxy) is 4. The number of benzene rings is 1. The van der Waals surface area contributed by atoms with E-state index in [2.05, 4.69) is 15.9 Å². The molecule has 0 amide bonds. The fourth-order valence-corrected chi connectivity index (χ4v) is 2.82. The van der Waals surface area contributed by atoms with Crippen molar-refractivity contribution in [1.29, 1.82) is 0 Å². The number of methoxy groups -OCH3 is 3. The quantitative estimate of drug-likeness (QED) is 0.802. The predicted octanol–water partition coefficient (Wildman–Crippen LogP) is 2.71. The van der Waals surface area contributed by atoms with Crippen molar-refractivity contribution in [2.45, 2.75) is 13.0 Å². The number of hydrogen-bond donors (Lipinski definition) is 0. The minimum Gasteiger partial charge on any atom is -0.492 e. The van der Waals surface area contributed by atoms with Gasteiger partial charge in [-0.05, 0) is 22.9 Å². The summed E-state index contributed by atoms with van der Waals surface area (Å²) in [5.41, 5.74) is 1.10. The largest absolute Gasteiger partial charge is 0.492 e. The average Bonchev–Trinajstić information content (AvgIpc) is 2.64. The summed E-state index contributed by atoms with van der Waals surface area (Å²) in [6, 6.07) is 0. The summed E-state index contributed by atoms with van der Waals surface area (Å²) in [6.07, 6.45) is -0.376. The van der Waals surface area contributed by atoms with Gasteiger partial charge in [-0.3, -0.25) is 0 Å². The lowest BCUT2D eigenvalue weighted by molar-refractivity contribution is 0.0419. The van der Waals surface area contributed by atoms with Crippen LogP contribution in [0, 0.1) is 0 Å². The number of esters is 1. The highest BCUT2D eigenvalue weighted by molar-refractivity contribution is 9.10. The fourth-order valence-electron chi connectivity index (χ4n) is 2.11. The molecule has 18 heavy (non-hydrogen) atoms. The maximum absolute atomic E-state index is 11.8. The zero-order valence-corrected chi connectivity index (χ0v) is 12.1. The number of hydrogen-bond acceptors (Lipinski definition) is 5. The van der Waals surface area contributed by atoms with Gasteiger partial charge in [-0.15, -0.1) is 0 Å². The van der Waals surface area contributed by atoms with Crippen LogP contribution in [0.4, 0.5) is 0 Å². The first kappa shape index (κ1) is 13.0. The summed E-state index contributed by atoms with van der Waals surface area (Å²) in [5, 5.41) is 0. The Labute approximate surface area is 113 Å². The van der Waals surface area contributed by atoms with Crippen LogP contribution in [0.5, 0.6) is 17.2 Å². The molecule has 98 valence electrons. The molecular formula is C12H13BrO5. The lowest BCUT2D eigenvalue weighted by Gasteiger charge is -2.17. The summed E-state index contributed by atoms with van der Waals surface area (Å²) in [7, 11) is 4.53. The standard InChI is InChI=1S/C12H13BrO5/c1-5-6-7(12(14)18-5)8(13)10(16-3)11(17-4)9(6)15-2/h5H,1-4H3. The number of cyclic esters (lactones) is 1. The second-order valence-electron chi connectivity index (χ2n) is 3.75. The van der Waals surface area contributed by atoms with Crippen molar-refractivity contribution in [3.63, 3.8) is 0 Å². The smallest absolute Gasteiger partial charge is 0.340 e. The molecule has 1 aromatic rings. The minimum absolute atomic E-state index is 0.376. The van der Waals surface area contributed by atoms with Crippen LogP contribution in [0.25, 0.3) is 0 Å². The second-order valence-corrected chi connectivity index (χ2v) is 4.54. The van der Waals surface area contributed by atoms with Gasteiger partial charge in [0.15, 0.2) is 11.5 Å². The van der Waals surface area contributed by atoms with Gasteiger partial charge in [0.05, 0.1) is 36.9 Å². The SMILES string of the molecule is COc1c(Br)c2c(c(OC)c1OC)C(C)OC2=O. The zero-order valence-electron chi connectivity index (χ0n) is 10.5. The van der Waals surface area contributed by atoms with E-state index in [4.69, 9.17) is 18.9 Å². The lowest BCUT2D eigenvalue weighted by Crippen LogP contribution is -2.03. The summed E-state index contributed by atoms with van der Waals surface area (Å²) in [4.78, 5) is 11.8. The first-order valence-corrected chi connectivity index (χ1v) is 6.08. The maximum Gasteiger partial charge on any atom is 0.340 e. The molecule has 5 nitrogen and oxygen atoms in total. The van der Waals surface area contributed by atoms with Gasteiger partial charge in [-0.1, -0.05) is 0 Å². The van der Waals surface area contributed by atoms with Crippen molar-refractivity contribution < 1.29 is 23.7 Å². The highest BCUT2D eigenvalue weighted by atomic mass is 79.9. The van der Waals surface area contributed by atoms with E-state index in [9.17, 15) is 4.79 Å². The number of carbonyl (C=O) groups excluding carboxylic acids is 1. The van der Waals surface area contributed by atoms with E-state index in [-0.39, 0.29) is 6.10 Å². The van der Waals surface area contributed by atoms with Crippen LogP contribution < -0.4 is 14.2 Å². The highest BCUT2D eigenvalue weighted by Crippen LogP contribution is 2.52. The molecule has 2 rings (SSSR count). The molecule has 1 aromatic carbocycles. The third-order valence-electron chi connectivity index (χ3n) is 2.85. The molecule has 0 bridgehead atoms. The average molecular weight is 317 g/mol. The van der Waals surface area contributed by atoms with Gasteiger partial charge in [0.2, 0.25) is 5.75 Å². The molecule has 0 fully saturated rings. The number of rotatable bonds is 3. The third kappa shape index (κ3) is 1.63. The monoisotopic (exact) mass is 316 g/mol. The highest BCUT2D eigenvalue weighted by Gasteiger charge is 2.38. The predicted molar refractivity (Wildman–Crippen MR) is 67.6 cm³/mol. The molecule has 0 N–H and O–H groups in total. The molecule has 0 saturated heterocycles. The Hall–Kier alpha value is -1.43. The second kappa shape index (κ2) is 4.68. The van der Waals surface area contributed by atoms with Crippen molar-refractivity contribution in [3.8, 4) is 17.2 Å². The Morgan fingerprint density at radius 1 is 1.06 bits per heavy atom. The van der Waals surface area contributed by atoms with Crippen LogP contribution in [0.3, 0.4) is 0 Å². The van der Waals surface area contributed by atoms with Crippen LogP contribution in [0.15, 0.2) is 4.47 Å². The molecule has 1 aliphatic heterocycles. The van der Waals surface area contributed by atoms with Crippen LogP contribution in [0.2, 0.25) is 0 Å². The summed E-state index contributed by atoms with van der Waals surface area (Å²) in [6.45, 7) is 1.78. The van der Waals surface area contributed by atoms with E-state index in [0.717, 1.165) is 0 Å². The molecule has 1 aliphatic rings. The van der Waals surface area contributed by atoms with E-state index in [1.165, 1.54) is 21.3 Å². The van der Waals surface area contributed by atoms with Gasteiger partial charge in [0, 0.05) is 0 Å². The first-order valence-electron chi connectivity index (χ1n) is 5.29. The van der Waals surface area contributed by atoms with Crippen molar-refractivity contribution >= 4 is 21.9 Å². The molecule has 1 heterocycles. The molecule has 0 radical (unpaired) electrons. The van der Waals surface area contributed by atoms with E-state index in [1.807, 2.05) is 0 Å². The van der Waals surface area contributed by atoms with Crippen molar-refractivity contribution in [1.82, 2.24) is 0 Å². The Bertz CT molecular complexity index is 512. The van der Waals surface area contributed by atoms with Gasteiger partial charge >= 0.3 is 5.97 Å². The number of halogens is 1. The number of fused-ring (bicyclic) bond motifs is 1. The van der Waals surface area contributed by atoms with Crippen LogP contribution >= 0.6 is 15.9 Å². The maximum atomic E-state index is 11.8. The fraction of sp³-hybridized carbons (Fsp3) is 0.417. The van der Waals surface area contributed by atoms with Gasteiger partial charge in [0.1, 0.15) is 6.10 Å². The van der Waals surface area contributed by atoms with E-state index in [1.54, 1.807) is 6.92 Å². The molecule has 0 aromatic heterocycles. The molecule has 0 aliphatic carbocycles. The molecule has 0 spiro atoms. The van der Waals surface area contributed by atoms with Crippen LogP contribution in [-0.4, -0.2) is 27.3 Å². The Balaban J connectivity index is 2.85. The summed E-state index contributed by atoms with van der Waals surface area (Å²) in [5.74, 6) is 0.921.